The first-order valence-corrected chi connectivity index (χ1v) is 9.61. The third-order valence-corrected chi connectivity index (χ3v) is 4.39. The van der Waals surface area contributed by atoms with Crippen LogP contribution in [0, 0.1) is 22.0 Å². The predicted octanol–water partition coefficient (Wildman–Crippen LogP) is 5.32. The summed E-state index contributed by atoms with van der Waals surface area (Å²) in [5.41, 5.74) is 1.70. The van der Waals surface area contributed by atoms with E-state index in [0.717, 1.165) is 35.4 Å². The number of nitro benzene ring substituents is 1. The molecule has 6 nitrogen and oxygen atoms in total. The average Bonchev–Trinajstić information content (AvgIpc) is 2.66. The van der Waals surface area contributed by atoms with Gasteiger partial charge in [0.2, 0.25) is 0 Å². The van der Waals surface area contributed by atoms with Gasteiger partial charge in [-0.15, -0.1) is 0 Å². The van der Waals surface area contributed by atoms with Gasteiger partial charge in [-0.05, 0) is 36.1 Å². The molecule has 0 saturated heterocycles. The Labute approximate surface area is 165 Å². The molecule has 0 aliphatic carbocycles. The van der Waals surface area contributed by atoms with Gasteiger partial charge < -0.3 is 4.90 Å². The van der Waals surface area contributed by atoms with E-state index in [1.54, 1.807) is 12.1 Å². The lowest BCUT2D eigenvalue weighted by Gasteiger charge is -2.28. The standard InChI is InChI=1S/C22H26N4O2/c1-15(2)13-25(14-16(3)4)22-19-7-5-6-8-20(19)23-21(24-22)17-9-11-18(12-10-17)26(27)28/h5-12,15-16H,13-14H2,1-4H3. The van der Waals surface area contributed by atoms with Crippen LogP contribution in [-0.4, -0.2) is 28.0 Å². The van der Waals surface area contributed by atoms with Crippen molar-refractivity contribution in [2.75, 3.05) is 18.0 Å². The molecule has 0 unspecified atom stereocenters. The first-order chi connectivity index (χ1) is 13.3. The highest BCUT2D eigenvalue weighted by Crippen LogP contribution is 2.29. The van der Waals surface area contributed by atoms with Crippen molar-refractivity contribution in [3.05, 3.63) is 58.6 Å². The van der Waals surface area contributed by atoms with Crippen molar-refractivity contribution in [2.45, 2.75) is 27.7 Å². The number of benzene rings is 2. The van der Waals surface area contributed by atoms with Crippen LogP contribution in [0.5, 0.6) is 0 Å². The van der Waals surface area contributed by atoms with Crippen LogP contribution in [0.1, 0.15) is 27.7 Å². The van der Waals surface area contributed by atoms with Crippen molar-refractivity contribution < 1.29 is 4.92 Å². The van der Waals surface area contributed by atoms with Gasteiger partial charge in [-0.1, -0.05) is 39.8 Å². The largest absolute Gasteiger partial charge is 0.355 e. The van der Waals surface area contributed by atoms with Crippen LogP contribution in [0.25, 0.3) is 22.3 Å². The summed E-state index contributed by atoms with van der Waals surface area (Å²) in [7, 11) is 0. The molecule has 0 saturated carbocycles. The molecule has 3 rings (SSSR count). The third kappa shape index (κ3) is 4.44. The normalized spacial score (nSPS) is 11.4. The molecule has 146 valence electrons. The minimum atomic E-state index is -0.399. The molecule has 0 amide bonds. The lowest BCUT2D eigenvalue weighted by molar-refractivity contribution is -0.384. The molecule has 1 aromatic heterocycles. The molecule has 1 heterocycles. The van der Waals surface area contributed by atoms with Crippen LogP contribution in [0.4, 0.5) is 11.5 Å². The van der Waals surface area contributed by atoms with Gasteiger partial charge in [0.25, 0.3) is 5.69 Å². The molecular weight excluding hydrogens is 352 g/mol. The fourth-order valence-electron chi connectivity index (χ4n) is 3.29. The number of nitro groups is 1. The van der Waals surface area contributed by atoms with Crippen LogP contribution in [0.3, 0.4) is 0 Å². The van der Waals surface area contributed by atoms with Crippen LogP contribution in [-0.2, 0) is 0 Å². The van der Waals surface area contributed by atoms with E-state index in [1.807, 2.05) is 18.2 Å². The molecule has 0 bridgehead atoms. The number of anilines is 1. The Morgan fingerprint density at radius 3 is 2.11 bits per heavy atom. The Balaban J connectivity index is 2.14. The Kier molecular flexibility index (Phi) is 5.87. The molecular formula is C22H26N4O2. The lowest BCUT2D eigenvalue weighted by Crippen LogP contribution is -2.32. The average molecular weight is 378 g/mol. The zero-order valence-corrected chi connectivity index (χ0v) is 16.8. The van der Waals surface area contributed by atoms with Crippen LogP contribution >= 0.6 is 0 Å². The smallest absolute Gasteiger partial charge is 0.269 e. The predicted molar refractivity (Wildman–Crippen MR) is 114 cm³/mol. The van der Waals surface area contributed by atoms with Gasteiger partial charge in [0, 0.05) is 36.2 Å². The number of non-ortho nitro benzene ring substituents is 1. The molecule has 3 aromatic rings. The molecule has 0 aliphatic heterocycles. The second-order valence-corrected chi connectivity index (χ2v) is 7.88. The molecule has 0 atom stereocenters. The maximum absolute atomic E-state index is 10.9. The van der Waals surface area contributed by atoms with E-state index in [0.29, 0.717) is 17.7 Å². The monoisotopic (exact) mass is 378 g/mol. The summed E-state index contributed by atoms with van der Waals surface area (Å²) in [5, 5.41) is 12.0. The van der Waals surface area contributed by atoms with E-state index >= 15 is 0 Å². The lowest BCUT2D eigenvalue weighted by atomic mass is 10.1. The summed E-state index contributed by atoms with van der Waals surface area (Å²) >= 11 is 0. The van der Waals surface area contributed by atoms with Crippen LogP contribution in [0.15, 0.2) is 48.5 Å². The van der Waals surface area contributed by atoms with Gasteiger partial charge >= 0.3 is 0 Å². The SMILES string of the molecule is CC(C)CN(CC(C)C)c1nc(-c2ccc([N+](=O)[O-])cc2)nc2ccccc12. The minimum absolute atomic E-state index is 0.0611. The summed E-state index contributed by atoms with van der Waals surface area (Å²) < 4.78 is 0. The first kappa shape index (κ1) is 19.7. The fraction of sp³-hybridized carbons (Fsp3) is 0.364. The van der Waals surface area contributed by atoms with Gasteiger partial charge in [-0.25, -0.2) is 9.97 Å². The van der Waals surface area contributed by atoms with Crippen molar-refractivity contribution in [1.82, 2.24) is 9.97 Å². The second kappa shape index (κ2) is 8.33. The van der Waals surface area contributed by atoms with Crippen molar-refractivity contribution in [2.24, 2.45) is 11.8 Å². The van der Waals surface area contributed by atoms with Crippen molar-refractivity contribution >= 4 is 22.4 Å². The maximum Gasteiger partial charge on any atom is 0.269 e. The quantitative estimate of drug-likeness (QED) is 0.411. The molecule has 0 N–H and O–H groups in total. The zero-order valence-electron chi connectivity index (χ0n) is 16.8. The van der Waals surface area contributed by atoms with Crippen LogP contribution in [0.2, 0.25) is 0 Å². The van der Waals surface area contributed by atoms with E-state index in [4.69, 9.17) is 9.97 Å². The van der Waals surface area contributed by atoms with E-state index in [2.05, 4.69) is 38.7 Å². The molecule has 0 fully saturated rings. The summed E-state index contributed by atoms with van der Waals surface area (Å²) in [5.74, 6) is 2.49. The zero-order chi connectivity index (χ0) is 20.3. The van der Waals surface area contributed by atoms with E-state index in [-0.39, 0.29) is 5.69 Å². The first-order valence-electron chi connectivity index (χ1n) is 9.61. The molecule has 0 radical (unpaired) electrons. The Hall–Kier alpha value is -3.02. The van der Waals surface area contributed by atoms with Crippen molar-refractivity contribution in [1.29, 1.82) is 0 Å². The van der Waals surface area contributed by atoms with Crippen LogP contribution < -0.4 is 4.90 Å². The summed E-state index contributed by atoms with van der Waals surface area (Å²) in [6, 6.07) is 14.4. The summed E-state index contributed by atoms with van der Waals surface area (Å²) in [6.45, 7) is 10.6. The summed E-state index contributed by atoms with van der Waals surface area (Å²) in [4.78, 5) is 22.5. The molecule has 2 aromatic carbocycles. The topological polar surface area (TPSA) is 72.2 Å². The number of nitrogens with zero attached hydrogens (tertiary/aromatic N) is 4. The summed E-state index contributed by atoms with van der Waals surface area (Å²) in [6.07, 6.45) is 0. The van der Waals surface area contributed by atoms with Gasteiger partial charge in [-0.3, -0.25) is 10.1 Å². The van der Waals surface area contributed by atoms with E-state index in [1.165, 1.54) is 12.1 Å². The minimum Gasteiger partial charge on any atom is -0.355 e. The number of hydrogen-bond donors (Lipinski definition) is 0. The van der Waals surface area contributed by atoms with Gasteiger partial charge in [0.15, 0.2) is 5.82 Å². The Bertz CT molecular complexity index is 958. The molecule has 0 aliphatic rings. The number of rotatable bonds is 7. The van der Waals surface area contributed by atoms with Crippen molar-refractivity contribution in [3.8, 4) is 11.4 Å². The highest BCUT2D eigenvalue weighted by molar-refractivity contribution is 5.91. The Morgan fingerprint density at radius 2 is 1.54 bits per heavy atom. The Morgan fingerprint density at radius 1 is 0.929 bits per heavy atom. The highest BCUT2D eigenvalue weighted by atomic mass is 16.6. The van der Waals surface area contributed by atoms with Gasteiger partial charge in [-0.2, -0.15) is 0 Å². The van der Waals surface area contributed by atoms with E-state index < -0.39 is 4.92 Å². The number of fused-ring (bicyclic) bond motifs is 1. The number of hydrogen-bond acceptors (Lipinski definition) is 5. The van der Waals surface area contributed by atoms with Gasteiger partial charge in [0.05, 0.1) is 10.4 Å². The molecule has 6 heteroatoms. The molecule has 0 spiro atoms. The number of aromatic nitrogens is 2. The fourth-order valence-corrected chi connectivity index (χ4v) is 3.29. The van der Waals surface area contributed by atoms with Gasteiger partial charge in [0.1, 0.15) is 5.82 Å². The maximum atomic E-state index is 10.9. The van der Waals surface area contributed by atoms with Crippen molar-refractivity contribution in [3.63, 3.8) is 0 Å². The highest BCUT2D eigenvalue weighted by Gasteiger charge is 2.18. The second-order valence-electron chi connectivity index (χ2n) is 7.88. The van der Waals surface area contributed by atoms with E-state index in [9.17, 15) is 10.1 Å². The number of para-hydroxylation sites is 1. The third-order valence-electron chi connectivity index (χ3n) is 4.39. The molecule has 28 heavy (non-hydrogen) atoms.